The Kier molecular flexibility index (Phi) is 4.27. The topological polar surface area (TPSA) is 43.8 Å². The summed E-state index contributed by atoms with van der Waals surface area (Å²) in [5.74, 6) is 0. The van der Waals surface area contributed by atoms with E-state index < -0.39 is 0 Å². The van der Waals surface area contributed by atoms with Crippen molar-refractivity contribution in [1.82, 2.24) is 9.55 Å². The number of aryl methyl sites for hydroxylation is 1. The highest BCUT2D eigenvalue weighted by Crippen LogP contribution is 2.30. The summed E-state index contributed by atoms with van der Waals surface area (Å²) in [6.45, 7) is 6.16. The van der Waals surface area contributed by atoms with Crippen molar-refractivity contribution in [2.24, 2.45) is 5.73 Å². The van der Waals surface area contributed by atoms with Crippen LogP contribution in [0.3, 0.4) is 0 Å². The molecule has 0 bridgehead atoms. The molecule has 2 rings (SSSR count). The largest absolute Gasteiger partial charge is 0.326 e. The van der Waals surface area contributed by atoms with Gasteiger partial charge in [-0.1, -0.05) is 36.7 Å². The zero-order chi connectivity index (χ0) is 14.0. The maximum absolute atomic E-state index is 6.34. The molecule has 0 amide bonds. The summed E-state index contributed by atoms with van der Waals surface area (Å²) in [6, 6.07) is 7.91. The monoisotopic (exact) mass is 277 g/mol. The first kappa shape index (κ1) is 14.1. The number of nitrogens with zero attached hydrogens (tertiary/aromatic N) is 2. The predicted octanol–water partition coefficient (Wildman–Crippen LogP) is 3.48. The van der Waals surface area contributed by atoms with Crippen LogP contribution in [0, 0.1) is 13.8 Å². The number of hydrogen-bond acceptors (Lipinski definition) is 2. The maximum atomic E-state index is 6.34. The molecule has 0 spiro atoms. The van der Waals surface area contributed by atoms with Gasteiger partial charge in [-0.3, -0.25) is 0 Å². The smallest absolute Gasteiger partial charge is 0.0957 e. The van der Waals surface area contributed by atoms with Crippen molar-refractivity contribution in [1.29, 1.82) is 0 Å². The molecule has 2 N–H and O–H groups in total. The molecule has 0 aliphatic heterocycles. The molecule has 102 valence electrons. The first-order valence-electron chi connectivity index (χ1n) is 6.56. The van der Waals surface area contributed by atoms with Crippen molar-refractivity contribution in [3.8, 4) is 0 Å². The third-order valence-corrected chi connectivity index (χ3v) is 4.03. The lowest BCUT2D eigenvalue weighted by molar-refractivity contribution is 0.452. The van der Waals surface area contributed by atoms with Gasteiger partial charge in [0.05, 0.1) is 18.1 Å². The highest BCUT2D eigenvalue weighted by molar-refractivity contribution is 6.31. The lowest BCUT2D eigenvalue weighted by Crippen LogP contribution is -2.33. The zero-order valence-electron chi connectivity index (χ0n) is 11.6. The first-order valence-corrected chi connectivity index (χ1v) is 6.94. The van der Waals surface area contributed by atoms with Crippen LogP contribution in [-0.4, -0.2) is 15.6 Å². The molecule has 1 heterocycles. The van der Waals surface area contributed by atoms with Crippen molar-refractivity contribution < 1.29 is 0 Å². The van der Waals surface area contributed by atoms with Gasteiger partial charge in [-0.25, -0.2) is 4.98 Å². The number of halogens is 1. The molecule has 2 atom stereocenters. The molecule has 4 heteroatoms. The van der Waals surface area contributed by atoms with Gasteiger partial charge in [0.1, 0.15) is 0 Å². The summed E-state index contributed by atoms with van der Waals surface area (Å²) in [5.41, 5.74) is 9.54. The second kappa shape index (κ2) is 5.76. The first-order chi connectivity index (χ1) is 9.06. The standard InChI is InChI=1S/C15H20ClN3/c1-4-14(17)15(12-7-5-6-8-13(12)16)19-9-18-10(2)11(19)3/h5-9,14-15H,4,17H2,1-3H3. The summed E-state index contributed by atoms with van der Waals surface area (Å²) < 4.78 is 2.13. The Morgan fingerprint density at radius 1 is 1.32 bits per heavy atom. The van der Waals surface area contributed by atoms with Crippen LogP contribution >= 0.6 is 11.6 Å². The molecule has 3 nitrogen and oxygen atoms in total. The van der Waals surface area contributed by atoms with Gasteiger partial charge in [-0.15, -0.1) is 0 Å². The van der Waals surface area contributed by atoms with Crippen molar-refractivity contribution >= 4 is 11.6 Å². The lowest BCUT2D eigenvalue weighted by Gasteiger charge is -2.27. The highest BCUT2D eigenvalue weighted by atomic mass is 35.5. The molecule has 0 aliphatic rings. The Labute approximate surface area is 119 Å². The fourth-order valence-corrected chi connectivity index (χ4v) is 2.57. The minimum Gasteiger partial charge on any atom is -0.326 e. The van der Waals surface area contributed by atoms with Gasteiger partial charge in [-0.05, 0) is 31.9 Å². The third-order valence-electron chi connectivity index (χ3n) is 3.69. The molecule has 0 fully saturated rings. The van der Waals surface area contributed by atoms with E-state index >= 15 is 0 Å². The minimum atomic E-state index is 0.00667. The fraction of sp³-hybridized carbons (Fsp3) is 0.400. The summed E-state index contributed by atoms with van der Waals surface area (Å²) in [4.78, 5) is 4.37. The minimum absolute atomic E-state index is 0.00667. The van der Waals surface area contributed by atoms with Gasteiger partial charge in [-0.2, -0.15) is 0 Å². The van der Waals surface area contributed by atoms with E-state index in [1.807, 2.05) is 37.5 Å². The second-order valence-electron chi connectivity index (χ2n) is 4.86. The average Bonchev–Trinajstić information content (AvgIpc) is 2.73. The normalized spacial score (nSPS) is 14.4. The van der Waals surface area contributed by atoms with E-state index in [1.54, 1.807) is 0 Å². The summed E-state index contributed by atoms with van der Waals surface area (Å²) >= 11 is 6.34. The van der Waals surface area contributed by atoms with Crippen LogP contribution < -0.4 is 5.73 Å². The van der Waals surface area contributed by atoms with Crippen LogP contribution in [0.4, 0.5) is 0 Å². The van der Waals surface area contributed by atoms with Crippen molar-refractivity contribution in [2.45, 2.75) is 39.3 Å². The molecule has 0 saturated heterocycles. The Morgan fingerprint density at radius 2 is 2.00 bits per heavy atom. The maximum Gasteiger partial charge on any atom is 0.0957 e. The van der Waals surface area contributed by atoms with Gasteiger partial charge < -0.3 is 10.3 Å². The molecule has 0 radical (unpaired) electrons. The summed E-state index contributed by atoms with van der Waals surface area (Å²) in [6.07, 6.45) is 2.74. The number of nitrogens with two attached hydrogens (primary N) is 1. The van der Waals surface area contributed by atoms with Crippen molar-refractivity contribution in [3.63, 3.8) is 0 Å². The Hall–Kier alpha value is -1.32. The van der Waals surface area contributed by atoms with E-state index in [1.165, 1.54) is 0 Å². The van der Waals surface area contributed by atoms with Crippen LogP contribution in [0.1, 0.15) is 36.3 Å². The molecule has 1 aromatic heterocycles. The van der Waals surface area contributed by atoms with Gasteiger partial charge in [0.2, 0.25) is 0 Å². The predicted molar refractivity (Wildman–Crippen MR) is 79.6 cm³/mol. The lowest BCUT2D eigenvalue weighted by atomic mass is 9.97. The highest BCUT2D eigenvalue weighted by Gasteiger charge is 2.24. The van der Waals surface area contributed by atoms with Crippen LogP contribution in [0.5, 0.6) is 0 Å². The van der Waals surface area contributed by atoms with Crippen LogP contribution in [0.2, 0.25) is 5.02 Å². The number of hydrogen-bond donors (Lipinski definition) is 1. The van der Waals surface area contributed by atoms with E-state index in [4.69, 9.17) is 17.3 Å². The van der Waals surface area contributed by atoms with E-state index in [-0.39, 0.29) is 12.1 Å². The third kappa shape index (κ3) is 2.67. The van der Waals surface area contributed by atoms with Gasteiger partial charge in [0.25, 0.3) is 0 Å². The molecule has 1 aromatic carbocycles. The average molecular weight is 278 g/mol. The number of rotatable bonds is 4. The SMILES string of the molecule is CCC(N)C(c1ccccc1Cl)n1cnc(C)c1C. The van der Waals surface area contributed by atoms with Crippen molar-refractivity contribution in [2.75, 3.05) is 0 Å². The van der Waals surface area contributed by atoms with Crippen LogP contribution in [-0.2, 0) is 0 Å². The van der Waals surface area contributed by atoms with E-state index in [9.17, 15) is 0 Å². The Balaban J connectivity index is 2.54. The molecule has 19 heavy (non-hydrogen) atoms. The second-order valence-corrected chi connectivity index (χ2v) is 5.27. The Bertz CT molecular complexity index is 562. The molecular formula is C15H20ClN3. The summed E-state index contributed by atoms with van der Waals surface area (Å²) in [5, 5.41) is 0.752. The summed E-state index contributed by atoms with van der Waals surface area (Å²) in [7, 11) is 0. The van der Waals surface area contributed by atoms with Gasteiger partial charge in [0, 0.05) is 16.8 Å². The Morgan fingerprint density at radius 3 is 2.53 bits per heavy atom. The van der Waals surface area contributed by atoms with Crippen molar-refractivity contribution in [3.05, 3.63) is 52.6 Å². The van der Waals surface area contributed by atoms with Gasteiger partial charge >= 0.3 is 0 Å². The number of benzene rings is 1. The van der Waals surface area contributed by atoms with E-state index in [0.29, 0.717) is 0 Å². The molecule has 0 saturated carbocycles. The molecular weight excluding hydrogens is 258 g/mol. The van der Waals surface area contributed by atoms with Crippen LogP contribution in [0.25, 0.3) is 0 Å². The van der Waals surface area contributed by atoms with E-state index in [2.05, 4.69) is 23.4 Å². The number of aromatic nitrogens is 2. The molecule has 2 unspecified atom stereocenters. The molecule has 0 aliphatic carbocycles. The van der Waals surface area contributed by atoms with Gasteiger partial charge in [0.15, 0.2) is 0 Å². The van der Waals surface area contributed by atoms with Crippen LogP contribution in [0.15, 0.2) is 30.6 Å². The van der Waals surface area contributed by atoms with E-state index in [0.717, 1.165) is 28.4 Å². The quantitative estimate of drug-likeness (QED) is 0.930. The zero-order valence-corrected chi connectivity index (χ0v) is 12.4. The number of imidazole rings is 1. The fourth-order valence-electron chi connectivity index (χ4n) is 2.32. The molecule has 2 aromatic rings.